The van der Waals surface area contributed by atoms with Crippen LogP contribution in [-0.2, 0) is 16.0 Å². The second kappa shape index (κ2) is 5.72. The number of hydrogen-bond donors (Lipinski definition) is 1. The van der Waals surface area contributed by atoms with Crippen molar-refractivity contribution in [2.45, 2.75) is 43.6 Å². The third-order valence-electron chi connectivity index (χ3n) is 5.02. The van der Waals surface area contributed by atoms with Crippen molar-refractivity contribution < 1.29 is 27.5 Å². The number of fused-ring (bicyclic) bond motifs is 2. The summed E-state index contributed by atoms with van der Waals surface area (Å²) in [6, 6.07) is 5.03. The summed E-state index contributed by atoms with van der Waals surface area (Å²) in [5, 5.41) is 2.79. The summed E-state index contributed by atoms with van der Waals surface area (Å²) < 4.78 is 42.1. The van der Waals surface area contributed by atoms with Crippen molar-refractivity contribution in [2.24, 2.45) is 0 Å². The molecule has 134 valence electrons. The average Bonchev–Trinajstić information content (AvgIpc) is 3.39. The van der Waals surface area contributed by atoms with E-state index in [1.807, 2.05) is 18.2 Å². The monoisotopic (exact) mass is 354 g/mol. The van der Waals surface area contributed by atoms with E-state index in [-0.39, 0.29) is 12.5 Å². The number of nitrogens with one attached hydrogen (secondary N) is 1. The molecule has 8 heteroatoms. The minimum atomic E-state index is -5.06. The molecule has 1 aromatic rings. The third kappa shape index (κ3) is 2.88. The van der Waals surface area contributed by atoms with Gasteiger partial charge in [-0.15, -0.1) is 0 Å². The quantitative estimate of drug-likeness (QED) is 0.825. The maximum atomic E-state index is 13.0. The molecular weight excluding hydrogens is 337 g/mol. The Morgan fingerprint density at radius 3 is 2.72 bits per heavy atom. The van der Waals surface area contributed by atoms with Crippen LogP contribution in [0.1, 0.15) is 40.2 Å². The lowest BCUT2D eigenvalue weighted by atomic mass is 9.87. The van der Waals surface area contributed by atoms with Crippen LogP contribution in [0.2, 0.25) is 0 Å². The number of ether oxygens (including phenoxy) is 1. The second-order valence-corrected chi connectivity index (χ2v) is 6.70. The fourth-order valence-electron chi connectivity index (χ4n) is 3.72. The Bertz CT molecular complexity index is 730. The number of hydrogen-bond acceptors (Lipinski definition) is 4. The van der Waals surface area contributed by atoms with Gasteiger partial charge in [-0.1, -0.05) is 18.2 Å². The molecule has 5 nitrogen and oxygen atoms in total. The molecule has 1 saturated carbocycles. The van der Waals surface area contributed by atoms with Gasteiger partial charge < -0.3 is 9.64 Å². The molecule has 3 aliphatic rings. The molecule has 2 fully saturated rings. The number of alkyl halides is 3. The normalized spacial score (nSPS) is 26.0. The van der Waals surface area contributed by atoms with Crippen LogP contribution in [-0.4, -0.2) is 48.3 Å². The lowest BCUT2D eigenvalue weighted by Crippen LogP contribution is -2.63. The summed E-state index contributed by atoms with van der Waals surface area (Å²) in [6.07, 6.45) is -3.74. The van der Waals surface area contributed by atoms with Gasteiger partial charge in [-0.3, -0.25) is 10.1 Å². The number of halogens is 3. The van der Waals surface area contributed by atoms with Crippen molar-refractivity contribution >= 4 is 11.9 Å². The fourth-order valence-corrected chi connectivity index (χ4v) is 3.72. The molecule has 2 atom stereocenters. The van der Waals surface area contributed by atoms with Gasteiger partial charge in [0.2, 0.25) is 0 Å². The number of carbonyl (C=O) groups is 2. The number of amides is 1. The summed E-state index contributed by atoms with van der Waals surface area (Å²) in [4.78, 5) is 25.7. The van der Waals surface area contributed by atoms with Crippen LogP contribution < -0.4 is 5.32 Å². The predicted molar refractivity (Wildman–Crippen MR) is 80.9 cm³/mol. The number of piperazine rings is 1. The van der Waals surface area contributed by atoms with E-state index in [9.17, 15) is 22.8 Å². The highest BCUT2D eigenvalue weighted by atomic mass is 19.4. The molecule has 0 spiro atoms. The molecule has 1 saturated heterocycles. The first-order valence-electron chi connectivity index (χ1n) is 8.30. The van der Waals surface area contributed by atoms with E-state index < -0.39 is 24.4 Å². The van der Waals surface area contributed by atoms with E-state index in [2.05, 4.69) is 10.1 Å². The molecule has 0 aromatic heterocycles. The molecule has 1 aromatic carbocycles. The number of carbonyl (C=O) groups excluding carboxylic acids is 2. The minimum absolute atomic E-state index is 0.177. The highest BCUT2D eigenvalue weighted by Gasteiger charge is 2.47. The van der Waals surface area contributed by atoms with Gasteiger partial charge in [0.1, 0.15) is 0 Å². The first kappa shape index (κ1) is 16.4. The van der Waals surface area contributed by atoms with Crippen LogP contribution >= 0.6 is 0 Å². The van der Waals surface area contributed by atoms with E-state index in [1.54, 1.807) is 4.90 Å². The number of nitrogens with zero attached hydrogens (tertiary/aromatic N) is 1. The maximum Gasteiger partial charge on any atom is 0.490 e. The van der Waals surface area contributed by atoms with E-state index in [4.69, 9.17) is 0 Å². The first-order valence-corrected chi connectivity index (χ1v) is 8.30. The van der Waals surface area contributed by atoms with Crippen molar-refractivity contribution in [3.8, 4) is 0 Å². The van der Waals surface area contributed by atoms with Crippen LogP contribution in [0.3, 0.4) is 0 Å². The molecule has 4 rings (SSSR count). The molecule has 0 bridgehead atoms. The van der Waals surface area contributed by atoms with Crippen molar-refractivity contribution in [3.63, 3.8) is 0 Å². The summed E-state index contributed by atoms with van der Waals surface area (Å²) >= 11 is 0. The van der Waals surface area contributed by atoms with Crippen LogP contribution in [0.15, 0.2) is 18.2 Å². The van der Waals surface area contributed by atoms with Gasteiger partial charge in [0.05, 0.1) is 6.04 Å². The molecule has 1 N–H and O–H groups in total. The maximum absolute atomic E-state index is 13.0. The molecule has 1 aliphatic carbocycles. The van der Waals surface area contributed by atoms with E-state index in [0.717, 1.165) is 24.0 Å². The SMILES string of the molecule is O=C1c2c(cccc2C2CC2)CC2C(OC(=O)C(F)(F)F)NCCN12. The summed E-state index contributed by atoms with van der Waals surface area (Å²) in [6.45, 7) is 0.654. The Morgan fingerprint density at radius 2 is 2.04 bits per heavy atom. The highest BCUT2D eigenvalue weighted by molar-refractivity contribution is 5.99. The molecule has 2 unspecified atom stereocenters. The van der Waals surface area contributed by atoms with Crippen LogP contribution in [0, 0.1) is 0 Å². The second-order valence-electron chi connectivity index (χ2n) is 6.70. The van der Waals surface area contributed by atoms with E-state index in [1.165, 1.54) is 0 Å². The van der Waals surface area contributed by atoms with Crippen LogP contribution in [0.5, 0.6) is 0 Å². The average molecular weight is 354 g/mol. The fraction of sp³-hybridized carbons (Fsp3) is 0.529. The number of esters is 1. The zero-order valence-corrected chi connectivity index (χ0v) is 13.3. The molecule has 1 amide bonds. The van der Waals surface area contributed by atoms with Gasteiger partial charge in [0.25, 0.3) is 5.91 Å². The lowest BCUT2D eigenvalue weighted by molar-refractivity contribution is -0.210. The molecule has 0 radical (unpaired) electrons. The summed E-state index contributed by atoms with van der Waals surface area (Å²) in [5.74, 6) is -2.02. The predicted octanol–water partition coefficient (Wildman–Crippen LogP) is 1.97. The van der Waals surface area contributed by atoms with Crippen molar-refractivity contribution in [1.29, 1.82) is 0 Å². The highest BCUT2D eigenvalue weighted by Crippen LogP contribution is 2.44. The Labute approximate surface area is 142 Å². The third-order valence-corrected chi connectivity index (χ3v) is 5.02. The molecule has 2 aliphatic heterocycles. The Kier molecular flexibility index (Phi) is 3.75. The summed E-state index contributed by atoms with van der Waals surface area (Å²) in [5.41, 5.74) is 2.53. The zero-order valence-electron chi connectivity index (χ0n) is 13.3. The smallest absolute Gasteiger partial charge is 0.438 e. The van der Waals surface area contributed by atoms with Crippen LogP contribution in [0.25, 0.3) is 0 Å². The molecule has 2 heterocycles. The topological polar surface area (TPSA) is 58.6 Å². The Balaban J connectivity index is 1.63. The van der Waals surface area contributed by atoms with E-state index >= 15 is 0 Å². The lowest BCUT2D eigenvalue weighted by Gasteiger charge is -2.44. The van der Waals surface area contributed by atoms with Crippen molar-refractivity contribution in [2.75, 3.05) is 13.1 Å². The van der Waals surface area contributed by atoms with E-state index in [0.29, 0.717) is 24.4 Å². The van der Waals surface area contributed by atoms with Crippen LogP contribution in [0.4, 0.5) is 13.2 Å². The standard InChI is InChI=1S/C17H17F3N2O3/c18-17(19,20)16(24)25-14-12-8-10-2-1-3-11(9-4-5-9)13(10)15(23)22(12)7-6-21-14/h1-3,9,12,14,21H,4-8H2. The number of rotatable bonds is 2. The van der Waals surface area contributed by atoms with Gasteiger partial charge in [-0.25, -0.2) is 4.79 Å². The van der Waals surface area contributed by atoms with Gasteiger partial charge >= 0.3 is 12.1 Å². The zero-order chi connectivity index (χ0) is 17.8. The van der Waals surface area contributed by atoms with Gasteiger partial charge in [0, 0.05) is 18.7 Å². The number of benzene rings is 1. The summed E-state index contributed by atoms with van der Waals surface area (Å²) in [7, 11) is 0. The van der Waals surface area contributed by atoms with Gasteiger partial charge in [-0.05, 0) is 36.3 Å². The molecular formula is C17H17F3N2O3. The van der Waals surface area contributed by atoms with Crippen molar-refractivity contribution in [3.05, 3.63) is 34.9 Å². The largest absolute Gasteiger partial charge is 0.490 e. The van der Waals surface area contributed by atoms with Gasteiger partial charge in [-0.2, -0.15) is 13.2 Å². The minimum Gasteiger partial charge on any atom is -0.438 e. The van der Waals surface area contributed by atoms with Gasteiger partial charge in [0.15, 0.2) is 6.23 Å². The first-order chi connectivity index (χ1) is 11.9. The molecule has 25 heavy (non-hydrogen) atoms. The Hall–Kier alpha value is -2.09. The Morgan fingerprint density at radius 1 is 1.28 bits per heavy atom. The van der Waals surface area contributed by atoms with Crippen molar-refractivity contribution in [1.82, 2.24) is 10.2 Å².